The molecule has 0 atom stereocenters. The summed E-state index contributed by atoms with van der Waals surface area (Å²) in [6.45, 7) is 7.96. The lowest BCUT2D eigenvalue weighted by molar-refractivity contribution is -0.00418. The van der Waals surface area contributed by atoms with Crippen LogP contribution >= 0.6 is 0 Å². The molecule has 0 spiro atoms. The van der Waals surface area contributed by atoms with Gasteiger partial charge in [0.05, 0.1) is 0 Å². The van der Waals surface area contributed by atoms with Crippen LogP contribution in [0.3, 0.4) is 0 Å². The van der Waals surface area contributed by atoms with Gasteiger partial charge in [-0.05, 0) is 45.4 Å². The molecule has 0 aliphatic carbocycles. The van der Waals surface area contributed by atoms with Gasteiger partial charge in [0, 0.05) is 25.9 Å². The minimum Gasteiger partial charge on any atom is -0.444 e. The maximum atomic E-state index is 15.3. The number of hydrogen-bond donors (Lipinski definition) is 0. The number of piperidine rings is 1. The summed E-state index contributed by atoms with van der Waals surface area (Å²) in [5.41, 5.74) is 0.0964. The smallest absolute Gasteiger partial charge is 0.410 e. The molecule has 0 unspecified atom stereocenters. The first-order valence-electron chi connectivity index (χ1n) is 8.21. The molecule has 1 amide bonds. The first-order valence-corrected chi connectivity index (χ1v) is 8.21. The zero-order valence-electron chi connectivity index (χ0n) is 14.6. The SMILES string of the molecule is Cc1ccc2oc(C3(F)CCN(C(=O)OC(C)(C)C)CC3)nc2c1. The number of aromatic nitrogens is 1. The number of likely N-dealkylation sites (tertiary alicyclic amines) is 1. The molecule has 3 rings (SSSR count). The van der Waals surface area contributed by atoms with Crippen LogP contribution in [-0.2, 0) is 10.4 Å². The summed E-state index contributed by atoms with van der Waals surface area (Å²) in [6, 6.07) is 5.59. The van der Waals surface area contributed by atoms with Crippen LogP contribution in [0.2, 0.25) is 0 Å². The summed E-state index contributed by atoms with van der Waals surface area (Å²) in [5.74, 6) is 0.104. The number of carbonyl (C=O) groups is 1. The third-order valence-corrected chi connectivity index (χ3v) is 4.13. The van der Waals surface area contributed by atoms with Crippen LogP contribution in [0.1, 0.15) is 45.1 Å². The largest absolute Gasteiger partial charge is 0.444 e. The second kappa shape index (κ2) is 5.76. The van der Waals surface area contributed by atoms with Crippen LogP contribution in [0.25, 0.3) is 11.1 Å². The van der Waals surface area contributed by atoms with Crippen LogP contribution in [0.4, 0.5) is 9.18 Å². The number of carbonyl (C=O) groups excluding carboxylic acids is 1. The molecule has 130 valence electrons. The Morgan fingerprint density at radius 2 is 2.00 bits per heavy atom. The zero-order valence-corrected chi connectivity index (χ0v) is 14.6. The van der Waals surface area contributed by atoms with Gasteiger partial charge in [0.1, 0.15) is 11.1 Å². The number of amides is 1. The van der Waals surface area contributed by atoms with E-state index in [4.69, 9.17) is 9.15 Å². The fourth-order valence-electron chi connectivity index (χ4n) is 2.81. The first-order chi connectivity index (χ1) is 11.2. The monoisotopic (exact) mass is 334 g/mol. The van der Waals surface area contributed by atoms with Gasteiger partial charge in [0.2, 0.25) is 5.89 Å². The van der Waals surface area contributed by atoms with E-state index in [1.54, 1.807) is 6.07 Å². The van der Waals surface area contributed by atoms with Crippen molar-refractivity contribution < 1.29 is 18.3 Å². The molecule has 0 radical (unpaired) electrons. The van der Waals surface area contributed by atoms with Crippen molar-refractivity contribution in [2.24, 2.45) is 0 Å². The summed E-state index contributed by atoms with van der Waals surface area (Å²) in [6.07, 6.45) is -0.103. The highest BCUT2D eigenvalue weighted by Gasteiger charge is 2.42. The number of ether oxygens (including phenoxy) is 1. The van der Waals surface area contributed by atoms with E-state index < -0.39 is 17.4 Å². The first kappa shape index (κ1) is 16.7. The molecular weight excluding hydrogens is 311 g/mol. The van der Waals surface area contributed by atoms with E-state index in [1.807, 2.05) is 39.8 Å². The number of hydrogen-bond acceptors (Lipinski definition) is 4. The molecule has 1 aromatic carbocycles. The molecule has 2 aromatic rings. The number of halogens is 1. The van der Waals surface area contributed by atoms with Gasteiger partial charge in [0.15, 0.2) is 11.3 Å². The summed E-state index contributed by atoms with van der Waals surface area (Å²) in [4.78, 5) is 17.9. The predicted octanol–water partition coefficient (Wildman–Crippen LogP) is 4.33. The van der Waals surface area contributed by atoms with Crippen molar-refractivity contribution in [1.29, 1.82) is 0 Å². The van der Waals surface area contributed by atoms with E-state index in [2.05, 4.69) is 4.98 Å². The number of alkyl halides is 1. The molecule has 0 bridgehead atoms. The molecule has 24 heavy (non-hydrogen) atoms. The predicted molar refractivity (Wildman–Crippen MR) is 88.6 cm³/mol. The summed E-state index contributed by atoms with van der Waals surface area (Å²) in [7, 11) is 0. The van der Waals surface area contributed by atoms with Crippen molar-refractivity contribution in [3.05, 3.63) is 29.7 Å². The summed E-state index contributed by atoms with van der Waals surface area (Å²) in [5, 5.41) is 0. The van der Waals surface area contributed by atoms with Crippen LogP contribution in [0.15, 0.2) is 22.6 Å². The fraction of sp³-hybridized carbons (Fsp3) is 0.556. The van der Waals surface area contributed by atoms with Crippen molar-refractivity contribution in [3.8, 4) is 0 Å². The van der Waals surface area contributed by atoms with Crippen LogP contribution in [-0.4, -0.2) is 34.7 Å². The van der Waals surface area contributed by atoms with Gasteiger partial charge in [-0.3, -0.25) is 0 Å². The minimum atomic E-state index is -1.65. The Morgan fingerprint density at radius 1 is 1.33 bits per heavy atom. The lowest BCUT2D eigenvalue weighted by Crippen LogP contribution is -2.45. The van der Waals surface area contributed by atoms with Crippen molar-refractivity contribution >= 4 is 17.2 Å². The Bertz CT molecular complexity index is 755. The maximum Gasteiger partial charge on any atom is 0.410 e. The Morgan fingerprint density at radius 3 is 2.62 bits per heavy atom. The molecule has 1 fully saturated rings. The van der Waals surface area contributed by atoms with E-state index in [1.165, 1.54) is 4.90 Å². The molecule has 1 aliphatic rings. The lowest BCUT2D eigenvalue weighted by Gasteiger charge is -2.35. The number of fused-ring (bicyclic) bond motifs is 1. The average molecular weight is 334 g/mol. The van der Waals surface area contributed by atoms with Gasteiger partial charge in [-0.15, -0.1) is 0 Å². The quantitative estimate of drug-likeness (QED) is 0.779. The molecule has 0 saturated carbocycles. The molecule has 1 aliphatic heterocycles. The number of benzene rings is 1. The van der Waals surface area contributed by atoms with Crippen molar-refractivity contribution in [3.63, 3.8) is 0 Å². The summed E-state index contributed by atoms with van der Waals surface area (Å²) < 4.78 is 26.2. The number of aryl methyl sites for hydroxylation is 1. The van der Waals surface area contributed by atoms with Gasteiger partial charge in [-0.2, -0.15) is 0 Å². The highest BCUT2D eigenvalue weighted by Crippen LogP contribution is 2.38. The minimum absolute atomic E-state index is 0.104. The van der Waals surface area contributed by atoms with E-state index >= 15 is 4.39 Å². The summed E-state index contributed by atoms with van der Waals surface area (Å²) >= 11 is 0. The van der Waals surface area contributed by atoms with Crippen molar-refractivity contribution in [1.82, 2.24) is 9.88 Å². The molecule has 1 aromatic heterocycles. The number of rotatable bonds is 1. The molecular formula is C18H23FN2O3. The zero-order chi connectivity index (χ0) is 17.5. The molecule has 1 saturated heterocycles. The third-order valence-electron chi connectivity index (χ3n) is 4.13. The van der Waals surface area contributed by atoms with E-state index in [9.17, 15) is 4.79 Å². The van der Waals surface area contributed by atoms with Gasteiger partial charge in [-0.1, -0.05) is 6.07 Å². The Balaban J connectivity index is 1.72. The van der Waals surface area contributed by atoms with E-state index in [0.717, 1.165) is 5.56 Å². The Hall–Kier alpha value is -2.11. The fourth-order valence-corrected chi connectivity index (χ4v) is 2.81. The third kappa shape index (κ3) is 3.37. The highest BCUT2D eigenvalue weighted by atomic mass is 19.1. The topological polar surface area (TPSA) is 55.6 Å². The lowest BCUT2D eigenvalue weighted by atomic mass is 9.93. The second-order valence-corrected chi connectivity index (χ2v) is 7.42. The molecule has 0 N–H and O–H groups in total. The number of nitrogens with zero attached hydrogens (tertiary/aromatic N) is 2. The van der Waals surface area contributed by atoms with E-state index in [-0.39, 0.29) is 31.8 Å². The van der Waals surface area contributed by atoms with Crippen molar-refractivity contribution in [2.45, 2.75) is 51.8 Å². The molecule has 2 heterocycles. The van der Waals surface area contributed by atoms with Gasteiger partial charge in [-0.25, -0.2) is 14.2 Å². The molecule has 5 nitrogen and oxygen atoms in total. The Labute approximate surface area is 140 Å². The molecule has 6 heteroatoms. The Kier molecular flexibility index (Phi) is 4.01. The van der Waals surface area contributed by atoms with Crippen LogP contribution < -0.4 is 0 Å². The second-order valence-electron chi connectivity index (χ2n) is 7.42. The van der Waals surface area contributed by atoms with Crippen LogP contribution in [0, 0.1) is 6.92 Å². The van der Waals surface area contributed by atoms with Gasteiger partial charge in [0.25, 0.3) is 0 Å². The van der Waals surface area contributed by atoms with Gasteiger partial charge >= 0.3 is 6.09 Å². The normalized spacial score (nSPS) is 18.0. The van der Waals surface area contributed by atoms with Crippen LogP contribution in [0.5, 0.6) is 0 Å². The van der Waals surface area contributed by atoms with E-state index in [0.29, 0.717) is 11.1 Å². The highest BCUT2D eigenvalue weighted by molar-refractivity contribution is 5.73. The maximum absolute atomic E-state index is 15.3. The van der Waals surface area contributed by atoms with Gasteiger partial charge < -0.3 is 14.1 Å². The average Bonchev–Trinajstić information content (AvgIpc) is 2.90. The number of oxazole rings is 1. The van der Waals surface area contributed by atoms with Crippen molar-refractivity contribution in [2.75, 3.05) is 13.1 Å². The standard InChI is InChI=1S/C18H23FN2O3/c1-12-5-6-14-13(11-12)20-15(23-14)18(19)7-9-21(10-8-18)16(22)24-17(2,3)4/h5-6,11H,7-10H2,1-4H3.